The number of halogens is 1. The molecule has 5 nitrogen and oxygen atoms in total. The number of carbonyl (C=O) groups is 1. The third-order valence-electron chi connectivity index (χ3n) is 2.02. The summed E-state index contributed by atoms with van der Waals surface area (Å²) in [5.74, 6) is 2.36. The van der Waals surface area contributed by atoms with Gasteiger partial charge in [-0.25, -0.2) is 9.18 Å². The summed E-state index contributed by atoms with van der Waals surface area (Å²) in [4.78, 5) is 10.7. The maximum atomic E-state index is 12.7. The van der Waals surface area contributed by atoms with Crippen molar-refractivity contribution in [1.82, 2.24) is 0 Å². The fraction of sp³-hybridized carbons (Fsp3) is 0.308. The number of terminal acetylenes is 1. The van der Waals surface area contributed by atoms with E-state index in [2.05, 4.69) is 5.92 Å². The molecule has 0 fully saturated rings. The van der Waals surface area contributed by atoms with Gasteiger partial charge in [-0.15, -0.1) is 6.42 Å². The molecule has 0 spiro atoms. The van der Waals surface area contributed by atoms with Crippen LogP contribution >= 0.6 is 0 Å². The Labute approximate surface area is 110 Å². The van der Waals surface area contributed by atoms with Crippen molar-refractivity contribution in [2.24, 2.45) is 5.73 Å². The number of hydrogen-bond acceptors (Lipinski definition) is 4. The maximum absolute atomic E-state index is 12.7. The molecule has 1 unspecified atom stereocenters. The summed E-state index contributed by atoms with van der Waals surface area (Å²) >= 11 is 0. The van der Waals surface area contributed by atoms with Crippen LogP contribution in [0.5, 0.6) is 5.75 Å². The van der Waals surface area contributed by atoms with Crippen molar-refractivity contribution in [2.45, 2.75) is 6.10 Å². The number of rotatable bonds is 7. The minimum atomic E-state index is -0.933. The summed E-state index contributed by atoms with van der Waals surface area (Å²) in [7, 11) is 0. The number of amides is 1. The fourth-order valence-corrected chi connectivity index (χ4v) is 1.25. The van der Waals surface area contributed by atoms with E-state index < -0.39 is 12.2 Å². The number of ether oxygens (including phenoxy) is 3. The van der Waals surface area contributed by atoms with E-state index in [9.17, 15) is 9.18 Å². The Hall–Kier alpha value is -2.26. The van der Waals surface area contributed by atoms with Crippen molar-refractivity contribution in [3.63, 3.8) is 0 Å². The molecule has 1 amide bonds. The first-order chi connectivity index (χ1) is 9.11. The molecule has 0 radical (unpaired) electrons. The normalized spacial score (nSPS) is 11.4. The minimum Gasteiger partial charge on any atom is -0.490 e. The first kappa shape index (κ1) is 14.8. The lowest BCUT2D eigenvalue weighted by molar-refractivity contribution is 0.0101. The molecule has 0 aliphatic carbocycles. The van der Waals surface area contributed by atoms with E-state index in [1.54, 1.807) is 0 Å². The highest BCUT2D eigenvalue weighted by Crippen LogP contribution is 2.11. The molecule has 0 aliphatic rings. The highest BCUT2D eigenvalue weighted by molar-refractivity contribution is 5.64. The van der Waals surface area contributed by atoms with Crippen molar-refractivity contribution >= 4 is 6.09 Å². The second-order valence-electron chi connectivity index (χ2n) is 3.54. The van der Waals surface area contributed by atoms with Gasteiger partial charge < -0.3 is 19.9 Å². The molecule has 0 heterocycles. The van der Waals surface area contributed by atoms with Crippen molar-refractivity contribution in [3.05, 3.63) is 30.1 Å². The predicted octanol–water partition coefficient (Wildman–Crippen LogP) is 1.32. The van der Waals surface area contributed by atoms with Crippen LogP contribution in [0, 0.1) is 18.2 Å². The van der Waals surface area contributed by atoms with Crippen molar-refractivity contribution in [2.75, 3.05) is 19.8 Å². The molecule has 19 heavy (non-hydrogen) atoms. The SMILES string of the molecule is C#CCOCC(COc1ccc(F)cc1)OC(N)=O. The quantitative estimate of drug-likeness (QED) is 0.597. The molecule has 1 aromatic carbocycles. The average Bonchev–Trinajstić information content (AvgIpc) is 2.37. The van der Waals surface area contributed by atoms with Gasteiger partial charge in [0.15, 0.2) is 6.10 Å². The highest BCUT2D eigenvalue weighted by atomic mass is 19.1. The van der Waals surface area contributed by atoms with E-state index in [1.165, 1.54) is 24.3 Å². The first-order valence-electron chi connectivity index (χ1n) is 5.47. The lowest BCUT2D eigenvalue weighted by atomic mass is 10.3. The van der Waals surface area contributed by atoms with Crippen LogP contribution in [0.4, 0.5) is 9.18 Å². The van der Waals surface area contributed by atoms with Gasteiger partial charge in [-0.3, -0.25) is 0 Å². The Morgan fingerprint density at radius 3 is 2.63 bits per heavy atom. The Bertz CT molecular complexity index is 441. The average molecular weight is 267 g/mol. The molecule has 0 bridgehead atoms. The van der Waals surface area contributed by atoms with E-state index in [-0.39, 0.29) is 25.6 Å². The molecular formula is C13H14FNO4. The van der Waals surface area contributed by atoms with Crippen LogP contribution < -0.4 is 10.5 Å². The summed E-state index contributed by atoms with van der Waals surface area (Å²) in [5.41, 5.74) is 4.92. The molecule has 0 saturated carbocycles. The van der Waals surface area contributed by atoms with E-state index in [1.807, 2.05) is 0 Å². The van der Waals surface area contributed by atoms with Crippen LogP contribution in [-0.4, -0.2) is 32.0 Å². The number of nitrogens with two attached hydrogens (primary N) is 1. The van der Waals surface area contributed by atoms with Gasteiger partial charge in [0.2, 0.25) is 0 Å². The monoisotopic (exact) mass is 267 g/mol. The molecular weight excluding hydrogens is 253 g/mol. The molecule has 1 atom stereocenters. The number of benzene rings is 1. The molecule has 6 heteroatoms. The molecule has 2 N–H and O–H groups in total. The maximum Gasteiger partial charge on any atom is 0.404 e. The first-order valence-corrected chi connectivity index (χ1v) is 5.47. The van der Waals surface area contributed by atoms with Crippen molar-refractivity contribution in [3.8, 4) is 18.1 Å². The van der Waals surface area contributed by atoms with Crippen molar-refractivity contribution < 1.29 is 23.4 Å². The largest absolute Gasteiger partial charge is 0.490 e. The highest BCUT2D eigenvalue weighted by Gasteiger charge is 2.14. The molecule has 0 aliphatic heterocycles. The third-order valence-corrected chi connectivity index (χ3v) is 2.02. The van der Waals surface area contributed by atoms with Crippen LogP contribution in [-0.2, 0) is 9.47 Å². The summed E-state index contributed by atoms with van der Waals surface area (Å²) in [6.07, 6.45) is 3.40. The van der Waals surface area contributed by atoms with Gasteiger partial charge in [-0.05, 0) is 24.3 Å². The van der Waals surface area contributed by atoms with Crippen LogP contribution in [0.2, 0.25) is 0 Å². The lowest BCUT2D eigenvalue weighted by Crippen LogP contribution is -2.32. The predicted molar refractivity (Wildman–Crippen MR) is 66.0 cm³/mol. The van der Waals surface area contributed by atoms with E-state index in [0.717, 1.165) is 0 Å². The molecule has 0 aromatic heterocycles. The van der Waals surface area contributed by atoms with E-state index in [0.29, 0.717) is 5.75 Å². The zero-order valence-electron chi connectivity index (χ0n) is 10.2. The summed E-state index contributed by atoms with van der Waals surface area (Å²) in [6, 6.07) is 5.43. The van der Waals surface area contributed by atoms with Gasteiger partial charge in [0.25, 0.3) is 0 Å². The Kier molecular flexibility index (Phi) is 6.19. The summed E-state index contributed by atoms with van der Waals surface area (Å²) < 4.78 is 27.8. The second-order valence-corrected chi connectivity index (χ2v) is 3.54. The van der Waals surface area contributed by atoms with Gasteiger partial charge in [0.05, 0.1) is 6.61 Å². The van der Waals surface area contributed by atoms with Crippen molar-refractivity contribution in [1.29, 1.82) is 0 Å². The number of primary amides is 1. The Balaban J connectivity index is 2.45. The zero-order chi connectivity index (χ0) is 14.1. The van der Waals surface area contributed by atoms with Crippen LogP contribution in [0.1, 0.15) is 0 Å². The van der Waals surface area contributed by atoms with Crippen LogP contribution in [0.3, 0.4) is 0 Å². The smallest absolute Gasteiger partial charge is 0.404 e. The standard InChI is InChI=1S/C13H14FNO4/c1-2-7-17-8-12(19-13(15)16)9-18-11-5-3-10(14)4-6-11/h1,3-6,12H,7-9H2,(H2,15,16). The minimum absolute atomic E-state index is 0.0269. The van der Waals surface area contributed by atoms with Gasteiger partial charge in [-0.2, -0.15) is 0 Å². The second kappa shape index (κ2) is 7.95. The molecule has 1 rings (SSSR count). The van der Waals surface area contributed by atoms with Crippen LogP contribution in [0.25, 0.3) is 0 Å². The zero-order valence-corrected chi connectivity index (χ0v) is 10.2. The lowest BCUT2D eigenvalue weighted by Gasteiger charge is -2.16. The summed E-state index contributed by atoms with van der Waals surface area (Å²) in [5, 5.41) is 0. The third kappa shape index (κ3) is 6.29. The number of hydrogen-bond donors (Lipinski definition) is 1. The van der Waals surface area contributed by atoms with Gasteiger partial charge in [0, 0.05) is 0 Å². The van der Waals surface area contributed by atoms with Crippen LogP contribution in [0.15, 0.2) is 24.3 Å². The molecule has 1 aromatic rings. The summed E-state index contributed by atoms with van der Waals surface area (Å²) in [6.45, 7) is 0.183. The molecule has 0 saturated heterocycles. The Morgan fingerprint density at radius 1 is 1.37 bits per heavy atom. The van der Waals surface area contributed by atoms with E-state index >= 15 is 0 Å². The molecule has 102 valence electrons. The number of carbonyl (C=O) groups excluding carboxylic acids is 1. The van der Waals surface area contributed by atoms with Gasteiger partial charge in [-0.1, -0.05) is 5.92 Å². The van der Waals surface area contributed by atoms with Gasteiger partial charge >= 0.3 is 6.09 Å². The Morgan fingerprint density at radius 2 is 2.05 bits per heavy atom. The van der Waals surface area contributed by atoms with Gasteiger partial charge in [0.1, 0.15) is 24.8 Å². The fourth-order valence-electron chi connectivity index (χ4n) is 1.25. The van der Waals surface area contributed by atoms with E-state index in [4.69, 9.17) is 26.4 Å². The topological polar surface area (TPSA) is 70.8 Å².